The van der Waals surface area contributed by atoms with Gasteiger partial charge in [0.25, 0.3) is 0 Å². The highest BCUT2D eigenvalue weighted by Crippen LogP contribution is 2.23. The number of anilines is 3. The molecule has 2 aromatic rings. The Hall–Kier alpha value is -2.54. The van der Waals surface area contributed by atoms with Crippen LogP contribution in [0.5, 0.6) is 0 Å². The number of aryl methyl sites for hydroxylation is 1. The maximum absolute atomic E-state index is 12.0. The van der Waals surface area contributed by atoms with Crippen LogP contribution in [0.1, 0.15) is 24.2 Å². The number of rotatable bonds is 6. The van der Waals surface area contributed by atoms with E-state index in [0.29, 0.717) is 23.8 Å². The molecule has 0 atom stereocenters. The molecule has 1 aliphatic heterocycles. The molecule has 2 amide bonds. The lowest BCUT2D eigenvalue weighted by molar-refractivity contribution is 0.252. The summed E-state index contributed by atoms with van der Waals surface area (Å²) in [6.45, 7) is 6.88. The quantitative estimate of drug-likeness (QED) is 0.659. The van der Waals surface area contributed by atoms with Crippen LogP contribution in [0.4, 0.5) is 22.1 Å². The van der Waals surface area contributed by atoms with Gasteiger partial charge in [0.2, 0.25) is 0 Å². The molecular weight excluding hydrogens is 364 g/mol. The van der Waals surface area contributed by atoms with Crippen LogP contribution in [0, 0.1) is 13.8 Å². The topological polar surface area (TPSA) is 82.2 Å². The minimum absolute atomic E-state index is 0.265. The van der Waals surface area contributed by atoms with Gasteiger partial charge in [0.05, 0.1) is 0 Å². The summed E-state index contributed by atoms with van der Waals surface area (Å²) in [4.78, 5) is 23.3. The smallest absolute Gasteiger partial charge is 0.319 e. The Balaban J connectivity index is 1.47. The second-order valence-corrected chi connectivity index (χ2v) is 6.98. The van der Waals surface area contributed by atoms with Gasteiger partial charge in [0.15, 0.2) is 0 Å². The lowest BCUT2D eigenvalue weighted by atomic mass is 10.2. The van der Waals surface area contributed by atoms with Gasteiger partial charge in [-0.3, -0.25) is 0 Å². The molecule has 0 spiro atoms. The Morgan fingerprint density at radius 3 is 2.74 bits per heavy atom. The minimum atomic E-state index is -0.265. The van der Waals surface area contributed by atoms with Crippen molar-refractivity contribution in [1.82, 2.24) is 15.3 Å². The Labute approximate surface area is 164 Å². The third kappa shape index (κ3) is 5.23. The van der Waals surface area contributed by atoms with Crippen molar-refractivity contribution < 1.29 is 4.79 Å². The van der Waals surface area contributed by atoms with E-state index in [1.165, 1.54) is 12.8 Å². The number of carbonyl (C=O) groups is 1. The first-order chi connectivity index (χ1) is 13.0. The molecule has 0 aliphatic carbocycles. The summed E-state index contributed by atoms with van der Waals surface area (Å²) in [6.07, 6.45) is 2.41. The molecule has 0 radical (unpaired) electrons. The highest BCUT2D eigenvalue weighted by atomic mass is 35.5. The predicted octanol–water partition coefficient (Wildman–Crippen LogP) is 3.58. The van der Waals surface area contributed by atoms with Gasteiger partial charge < -0.3 is 20.9 Å². The number of aromatic nitrogens is 2. The third-order valence-corrected chi connectivity index (χ3v) is 4.90. The Morgan fingerprint density at radius 1 is 1.19 bits per heavy atom. The average Bonchev–Trinajstić information content (AvgIpc) is 3.17. The Morgan fingerprint density at radius 2 is 1.96 bits per heavy atom. The summed E-state index contributed by atoms with van der Waals surface area (Å²) in [6, 6.07) is 7.13. The first-order valence-corrected chi connectivity index (χ1v) is 9.55. The van der Waals surface area contributed by atoms with Crippen molar-refractivity contribution in [2.75, 3.05) is 41.7 Å². The third-order valence-electron chi connectivity index (χ3n) is 4.49. The molecule has 3 rings (SSSR count). The van der Waals surface area contributed by atoms with Crippen LogP contribution in [-0.2, 0) is 0 Å². The van der Waals surface area contributed by atoms with Crippen molar-refractivity contribution in [3.8, 4) is 0 Å². The van der Waals surface area contributed by atoms with E-state index in [1.807, 2.05) is 32.0 Å². The van der Waals surface area contributed by atoms with Crippen LogP contribution < -0.4 is 20.9 Å². The molecule has 8 heteroatoms. The largest absolute Gasteiger partial charge is 0.368 e. The lowest BCUT2D eigenvalue weighted by Gasteiger charge is -2.18. The highest BCUT2D eigenvalue weighted by molar-refractivity contribution is 6.31. The number of benzene rings is 1. The van der Waals surface area contributed by atoms with Crippen molar-refractivity contribution in [2.24, 2.45) is 0 Å². The van der Waals surface area contributed by atoms with E-state index in [1.54, 1.807) is 6.07 Å². The predicted molar refractivity (Wildman–Crippen MR) is 110 cm³/mol. The molecule has 7 nitrogen and oxygen atoms in total. The van der Waals surface area contributed by atoms with Gasteiger partial charge in [-0.1, -0.05) is 17.7 Å². The van der Waals surface area contributed by atoms with Gasteiger partial charge in [0.1, 0.15) is 17.5 Å². The fourth-order valence-electron chi connectivity index (χ4n) is 3.03. The number of carbonyl (C=O) groups excluding carboxylic acids is 1. The summed E-state index contributed by atoms with van der Waals surface area (Å²) >= 11 is 6.07. The van der Waals surface area contributed by atoms with Gasteiger partial charge in [0, 0.05) is 43.0 Å². The zero-order valence-electron chi connectivity index (χ0n) is 15.7. The molecule has 0 bridgehead atoms. The Bertz CT molecular complexity index is 807. The fourth-order valence-corrected chi connectivity index (χ4v) is 3.20. The van der Waals surface area contributed by atoms with E-state index in [4.69, 9.17) is 11.6 Å². The summed E-state index contributed by atoms with van der Waals surface area (Å²) in [5.41, 5.74) is 1.55. The van der Waals surface area contributed by atoms with E-state index in [9.17, 15) is 4.79 Å². The van der Waals surface area contributed by atoms with Crippen molar-refractivity contribution in [2.45, 2.75) is 26.7 Å². The van der Waals surface area contributed by atoms with Crippen LogP contribution in [-0.4, -0.2) is 42.2 Å². The standard InChI is InChI=1S/C19H25ClN6O/c1-13-15(20)6-5-7-16(13)25-19(27)22-9-8-21-17-12-18(24-14(2)23-17)26-10-3-4-11-26/h5-7,12H,3-4,8-11H2,1-2H3,(H,21,23,24)(H2,22,25,27). The molecular formula is C19H25ClN6O. The average molecular weight is 389 g/mol. The van der Waals surface area contributed by atoms with E-state index in [2.05, 4.69) is 30.8 Å². The number of halogens is 1. The number of urea groups is 1. The van der Waals surface area contributed by atoms with Gasteiger partial charge in [-0.05, 0) is 44.4 Å². The molecule has 1 fully saturated rings. The molecule has 0 saturated carbocycles. The van der Waals surface area contributed by atoms with Gasteiger partial charge in [-0.2, -0.15) is 0 Å². The van der Waals surface area contributed by atoms with Crippen molar-refractivity contribution in [3.63, 3.8) is 0 Å². The maximum atomic E-state index is 12.0. The highest BCUT2D eigenvalue weighted by Gasteiger charge is 2.15. The van der Waals surface area contributed by atoms with Crippen LogP contribution in [0.15, 0.2) is 24.3 Å². The lowest BCUT2D eigenvalue weighted by Crippen LogP contribution is -2.33. The molecule has 1 saturated heterocycles. The molecule has 1 aromatic heterocycles. The Kier molecular flexibility index (Phi) is 6.34. The van der Waals surface area contributed by atoms with E-state index in [-0.39, 0.29) is 6.03 Å². The zero-order chi connectivity index (χ0) is 19.2. The maximum Gasteiger partial charge on any atom is 0.319 e. The van der Waals surface area contributed by atoms with Crippen LogP contribution in [0.25, 0.3) is 0 Å². The molecule has 144 valence electrons. The first kappa shape index (κ1) is 19.2. The zero-order valence-corrected chi connectivity index (χ0v) is 16.4. The van der Waals surface area contributed by atoms with Crippen LogP contribution in [0.2, 0.25) is 5.02 Å². The molecule has 0 unspecified atom stereocenters. The second kappa shape index (κ2) is 8.90. The summed E-state index contributed by atoms with van der Waals surface area (Å²) < 4.78 is 0. The summed E-state index contributed by atoms with van der Waals surface area (Å²) in [5.74, 6) is 2.48. The van der Waals surface area contributed by atoms with Crippen molar-refractivity contribution in [1.29, 1.82) is 0 Å². The fraction of sp³-hybridized carbons (Fsp3) is 0.421. The molecule has 3 N–H and O–H groups in total. The molecule has 2 heterocycles. The van der Waals surface area contributed by atoms with E-state index >= 15 is 0 Å². The second-order valence-electron chi connectivity index (χ2n) is 6.57. The molecule has 1 aromatic carbocycles. The normalized spacial score (nSPS) is 13.5. The number of amides is 2. The van der Waals surface area contributed by atoms with Crippen LogP contribution in [0.3, 0.4) is 0 Å². The van der Waals surface area contributed by atoms with Gasteiger partial charge >= 0.3 is 6.03 Å². The minimum Gasteiger partial charge on any atom is -0.368 e. The number of nitrogens with zero attached hydrogens (tertiary/aromatic N) is 3. The van der Waals surface area contributed by atoms with E-state index < -0.39 is 0 Å². The van der Waals surface area contributed by atoms with E-state index in [0.717, 1.165) is 36.1 Å². The van der Waals surface area contributed by atoms with Crippen molar-refractivity contribution in [3.05, 3.63) is 40.7 Å². The van der Waals surface area contributed by atoms with Gasteiger partial charge in [-0.15, -0.1) is 0 Å². The number of hydrogen-bond acceptors (Lipinski definition) is 5. The monoisotopic (exact) mass is 388 g/mol. The number of nitrogens with one attached hydrogen (secondary N) is 3. The van der Waals surface area contributed by atoms with Crippen molar-refractivity contribution >= 4 is 35.0 Å². The molecule has 27 heavy (non-hydrogen) atoms. The first-order valence-electron chi connectivity index (χ1n) is 9.17. The summed E-state index contributed by atoms with van der Waals surface area (Å²) in [5, 5.41) is 9.51. The summed E-state index contributed by atoms with van der Waals surface area (Å²) in [7, 11) is 0. The number of hydrogen-bond donors (Lipinski definition) is 3. The molecule has 1 aliphatic rings. The van der Waals surface area contributed by atoms with Gasteiger partial charge in [-0.25, -0.2) is 14.8 Å². The SMILES string of the molecule is Cc1nc(NCCNC(=O)Nc2cccc(Cl)c2C)cc(N2CCCC2)n1. The van der Waals surface area contributed by atoms with Crippen LogP contribution >= 0.6 is 11.6 Å².